The second-order valence-electron chi connectivity index (χ2n) is 9.36. The number of nitrogens with zero attached hydrogens (tertiary/aromatic N) is 4. The number of aromatic amines is 1. The van der Waals surface area contributed by atoms with Crippen LogP contribution in [0.2, 0.25) is 0 Å². The fourth-order valence-electron chi connectivity index (χ4n) is 3.75. The van der Waals surface area contributed by atoms with Crippen LogP contribution < -0.4 is 22.3 Å². The summed E-state index contributed by atoms with van der Waals surface area (Å²) in [4.78, 5) is 50.6. The van der Waals surface area contributed by atoms with Crippen molar-refractivity contribution in [3.63, 3.8) is 0 Å². The third-order valence-electron chi connectivity index (χ3n) is 6.07. The number of anilines is 3. The first-order valence-electron chi connectivity index (χ1n) is 21.9. The van der Waals surface area contributed by atoms with E-state index >= 15 is 0 Å². The van der Waals surface area contributed by atoms with Gasteiger partial charge in [-0.3, -0.25) is 9.59 Å². The van der Waals surface area contributed by atoms with Crippen molar-refractivity contribution in [1.82, 2.24) is 24.9 Å². The number of amides is 1. The van der Waals surface area contributed by atoms with Gasteiger partial charge in [0.15, 0.2) is 0 Å². The number of pyridine rings is 5. The van der Waals surface area contributed by atoms with Crippen molar-refractivity contribution in [3.8, 4) is 23.0 Å². The van der Waals surface area contributed by atoms with Crippen LogP contribution in [0.4, 0.5) is 17.5 Å². The molecule has 0 aliphatic carbocycles. The summed E-state index contributed by atoms with van der Waals surface area (Å²) in [6.07, 6.45) is 9.31. The predicted molar refractivity (Wildman–Crippen MR) is 301 cm³/mol. The van der Waals surface area contributed by atoms with Gasteiger partial charge >= 0.3 is 5.97 Å². The maximum absolute atomic E-state index is 11.0. The number of hydrogen-bond donors (Lipinski definition) is 8. The zero-order valence-corrected chi connectivity index (χ0v) is 60.7. The average Bonchev–Trinajstić information content (AvgIpc) is 3.34. The molecule has 0 saturated carbocycles. The average molecular weight is 1430 g/mol. The third-order valence-corrected chi connectivity index (χ3v) is 7.17. The second-order valence-corrected chi connectivity index (χ2v) is 10.4. The number of nitrogen functional groups attached to an aromatic ring is 2. The Morgan fingerprint density at radius 3 is 1.49 bits per heavy atom. The number of esters is 1. The second kappa shape index (κ2) is 75.9. The van der Waals surface area contributed by atoms with E-state index in [1.54, 1.807) is 6.92 Å². The van der Waals surface area contributed by atoms with Gasteiger partial charge in [-0.05, 0) is 72.3 Å². The van der Waals surface area contributed by atoms with Gasteiger partial charge in [0.05, 0.1) is 21.1 Å². The summed E-state index contributed by atoms with van der Waals surface area (Å²) < 4.78 is 5.28. The minimum Gasteiger partial charge on any atom is -0.693 e. The number of nitrogens with two attached hydrogens (primary N) is 3. The molecule has 0 spiro atoms. The molecule has 5 aromatic heterocycles. The number of hydrogen-bond acceptors (Lipinski definition) is 14. The Hall–Kier alpha value is -1.60. The molecular weight excluding hydrogens is 1340 g/mol. The van der Waals surface area contributed by atoms with E-state index < -0.39 is 5.97 Å². The van der Waals surface area contributed by atoms with E-state index in [4.69, 9.17) is 16.6 Å². The van der Waals surface area contributed by atoms with Gasteiger partial charge in [0, 0.05) is 180 Å². The molecule has 17 nitrogen and oxygen atoms in total. The molecule has 0 saturated heterocycles. The number of aromatic hydroxyl groups is 4. The summed E-state index contributed by atoms with van der Waals surface area (Å²) >= 11 is 1.93. The van der Waals surface area contributed by atoms with Gasteiger partial charge in [-0.1, -0.05) is 111 Å². The van der Waals surface area contributed by atoms with Crippen LogP contribution in [0.1, 0.15) is 135 Å². The topological polar surface area (TPSA) is 306 Å². The minimum atomic E-state index is -0.486. The Balaban J connectivity index is -0.0000000461. The third kappa shape index (κ3) is 48.1. The molecule has 6 rings (SSSR count). The molecule has 0 unspecified atom stereocenters. The van der Waals surface area contributed by atoms with Crippen LogP contribution >= 0.6 is 22.6 Å². The molecule has 6 heterocycles. The molecule has 0 bridgehead atoms. The van der Waals surface area contributed by atoms with E-state index in [0.717, 1.165) is 5.56 Å². The monoisotopic (exact) mass is 1430 g/mol. The van der Waals surface area contributed by atoms with Crippen LogP contribution in [0, 0.1) is 25.9 Å². The van der Waals surface area contributed by atoms with Crippen molar-refractivity contribution in [2.24, 2.45) is 0 Å². The van der Waals surface area contributed by atoms with Gasteiger partial charge in [-0.25, -0.2) is 24.7 Å². The Morgan fingerprint density at radius 1 is 0.625 bits per heavy atom. The molecule has 5 aromatic rings. The first-order valence-corrected chi connectivity index (χ1v) is 23.0. The van der Waals surface area contributed by atoms with Gasteiger partial charge in [-0.2, -0.15) is 0 Å². The number of carbonyl (C=O) groups is 2. The summed E-state index contributed by atoms with van der Waals surface area (Å²) in [6, 6.07) is 8.77. The van der Waals surface area contributed by atoms with E-state index in [1.165, 1.54) is 73.3 Å². The molecule has 0 atom stereocenters. The summed E-state index contributed by atoms with van der Waals surface area (Å²) in [5, 5.41) is 40.2. The van der Waals surface area contributed by atoms with Crippen molar-refractivity contribution in [1.29, 1.82) is 0 Å². The molecule has 1 amide bonds. The van der Waals surface area contributed by atoms with E-state index in [-0.39, 0.29) is 200 Å². The number of aromatic nitrogens is 5. The molecule has 4 radical (unpaired) electrons. The number of ether oxygens (including phenoxy) is 1. The predicted octanol–water partition coefficient (Wildman–Crippen LogP) is 13.5. The largest absolute Gasteiger partial charge is 0.693 e. The minimum absolute atomic E-state index is 0. The van der Waals surface area contributed by atoms with Crippen LogP contribution in [-0.4, -0.2) is 63.8 Å². The normalized spacial score (nSPS) is 8.28. The molecule has 72 heavy (non-hydrogen) atoms. The van der Waals surface area contributed by atoms with Crippen molar-refractivity contribution in [2.75, 3.05) is 23.4 Å². The summed E-state index contributed by atoms with van der Waals surface area (Å²) in [7, 11) is 0. The van der Waals surface area contributed by atoms with Crippen LogP contribution in [0.25, 0.3) is 23.3 Å². The van der Waals surface area contributed by atoms with Gasteiger partial charge in [0.2, 0.25) is 11.5 Å². The molecule has 0 fully saturated rings. The number of H-pyrrole nitrogens is 1. The number of carbonyl (C=O) groups excluding carboxylic acids is 2. The summed E-state index contributed by atoms with van der Waals surface area (Å²) in [5.41, 5.74) is 12.1. The van der Waals surface area contributed by atoms with Gasteiger partial charge < -0.3 is 75.4 Å². The molecule has 0 aromatic carbocycles. The molecule has 12 N–H and O–H groups in total. The zero-order valence-electron chi connectivity index (χ0n) is 47.2. The fraction of sp³-hybridized carbons (Fsp3) is 0.400. The molecule has 22 heteroatoms. The molecular formula is C50H90IN9O8Y4-4. The molecule has 1 aliphatic rings. The Kier molecular flexibility index (Phi) is 112. The van der Waals surface area contributed by atoms with Crippen molar-refractivity contribution in [2.45, 2.75) is 131 Å². The van der Waals surface area contributed by atoms with Gasteiger partial charge in [0.1, 0.15) is 46.1 Å². The van der Waals surface area contributed by atoms with Gasteiger partial charge in [0.25, 0.3) is 0 Å². The van der Waals surface area contributed by atoms with Gasteiger partial charge in [-0.15, -0.1) is 0 Å². The zero-order chi connectivity index (χ0) is 51.2. The van der Waals surface area contributed by atoms with Crippen molar-refractivity contribution in [3.05, 3.63) is 121 Å². The quantitative estimate of drug-likeness (QED) is 0.0361. The van der Waals surface area contributed by atoms with Crippen molar-refractivity contribution < 1.29 is 166 Å². The van der Waals surface area contributed by atoms with Crippen LogP contribution in [0.5, 0.6) is 23.0 Å². The maximum atomic E-state index is 11.0. The standard InChI is InChI=1S/C10H12N2O3.C8H8N2O2.C8H6N2O2.C5H5IN2O.8C2H6.3CH3.H2N.4Y/c1-2-15-9(14)4-3-7-8(13)5-6-12-10(7)11;2*11-6-3-4-9-8-5(6)1-2-7(12)10-8;6-4-3(9)1-2-8-5(4)7;8*1-2;;;;;;;;/h3-6H,2H2,1H3,(H3,11,12,13);3-4H,1-2H2,(H2,9,10,11,12);1-4H,(H2,9,10,11,12);1-2H,(H3,7,8,9);8*1-2H3;3*1H3;1H2;;;;/q;;;;;;;;;;;;4*-1;;;;/b4-3+;;;;;;;;;;;;;;;;;;;. The Bertz CT molecular complexity index is 1980. The number of nitrogens with one attached hydrogen (secondary N) is 2. The van der Waals surface area contributed by atoms with Crippen LogP contribution in [0.15, 0.2) is 72.1 Å². The van der Waals surface area contributed by atoms with E-state index in [9.17, 15) is 29.7 Å². The van der Waals surface area contributed by atoms with E-state index in [1.807, 2.05) is 133 Å². The first kappa shape index (κ1) is 107. The maximum Gasteiger partial charge on any atom is 0.330 e. The number of fused-ring (bicyclic) bond motifs is 2. The smallest absolute Gasteiger partial charge is 0.330 e. The number of rotatable bonds is 3. The summed E-state index contributed by atoms with van der Waals surface area (Å²) in [5.74, 6) is 0.987. The first-order chi connectivity index (χ1) is 30.9. The molecule has 1 aliphatic heterocycles. The van der Waals surface area contributed by atoms with E-state index in [0.29, 0.717) is 51.3 Å². The molecule has 406 valence electrons. The summed E-state index contributed by atoms with van der Waals surface area (Å²) in [6.45, 7) is 34.0. The Morgan fingerprint density at radius 2 is 1.04 bits per heavy atom. The van der Waals surface area contributed by atoms with Crippen LogP contribution in [0.3, 0.4) is 0 Å². The number of halogens is 1. The Labute approximate surface area is 550 Å². The van der Waals surface area contributed by atoms with Crippen LogP contribution in [-0.2, 0) is 152 Å². The van der Waals surface area contributed by atoms with Crippen molar-refractivity contribution >= 4 is 69.0 Å². The fourth-order valence-corrected chi connectivity index (χ4v) is 4.07. The SMILES string of the molecule is CC.CC.CC.CC.CC.CC.CC.CC.CCOC(=O)/C=C/c1c(O)ccnc1N.Nc1nccc(O)c1I.O=C1CCc2c(O)ccnc2N1.O=c1ccc2c(O)ccnc2[nH]1.[CH3-].[CH3-].[CH3-].[NH2-].[Y].[Y].[Y].[Y]. The van der Waals surface area contributed by atoms with E-state index in [2.05, 4.69) is 35.0 Å².